The molecule has 0 unspecified atom stereocenters. The SMILES string of the molecule is CC(C)(C)OC(=O)N(Cc1ccc[n+](O)c1)c1cc(Cl)nc2c(Br)cnn12. The number of hydrogen-bond acceptors (Lipinski definition) is 5. The molecule has 0 saturated heterocycles. The maximum atomic E-state index is 12.9. The maximum Gasteiger partial charge on any atom is 0.416 e. The number of aromatic nitrogens is 4. The number of pyridine rings is 1. The van der Waals surface area contributed by atoms with Gasteiger partial charge in [0.25, 0.3) is 0 Å². The number of carbonyl (C=O) groups is 1. The zero-order valence-electron chi connectivity index (χ0n) is 14.9. The summed E-state index contributed by atoms with van der Waals surface area (Å²) >= 11 is 9.54. The Hall–Kier alpha value is -2.39. The van der Waals surface area contributed by atoms with Crippen molar-refractivity contribution in [3.05, 3.63) is 52.0 Å². The van der Waals surface area contributed by atoms with E-state index in [0.717, 1.165) is 4.73 Å². The monoisotopic (exact) mass is 454 g/mol. The van der Waals surface area contributed by atoms with Gasteiger partial charge in [-0.15, -0.1) is 0 Å². The number of nitrogens with zero attached hydrogens (tertiary/aromatic N) is 5. The molecule has 0 radical (unpaired) electrons. The summed E-state index contributed by atoms with van der Waals surface area (Å²) < 4.78 is 8.61. The van der Waals surface area contributed by atoms with E-state index in [1.54, 1.807) is 39.1 Å². The quantitative estimate of drug-likeness (QED) is 0.370. The van der Waals surface area contributed by atoms with Crippen LogP contribution in [0.1, 0.15) is 26.3 Å². The van der Waals surface area contributed by atoms with Crippen LogP contribution in [0.3, 0.4) is 0 Å². The summed E-state index contributed by atoms with van der Waals surface area (Å²) in [6, 6.07) is 4.99. The second-order valence-electron chi connectivity index (χ2n) is 6.82. The topological polar surface area (TPSA) is 83.8 Å². The standard InChI is InChI=1S/C17H18BrClN5O3/c1-17(2,3)27-16(25)23(10-11-5-4-6-22(26)9-11)14-7-13(19)21-15-12(18)8-20-24(14)15/h4-9,26H,10H2,1-3H3/q+1. The number of ether oxygens (including phenoxy) is 1. The van der Waals surface area contributed by atoms with Crippen molar-refractivity contribution in [3.63, 3.8) is 0 Å². The fourth-order valence-electron chi connectivity index (χ4n) is 2.43. The van der Waals surface area contributed by atoms with E-state index in [2.05, 4.69) is 26.0 Å². The lowest BCUT2D eigenvalue weighted by Gasteiger charge is -2.27. The molecule has 3 rings (SSSR count). The molecule has 0 aliphatic rings. The maximum absolute atomic E-state index is 12.9. The predicted molar refractivity (Wildman–Crippen MR) is 102 cm³/mol. The molecule has 8 nitrogen and oxygen atoms in total. The molecule has 0 saturated carbocycles. The Balaban J connectivity index is 2.10. The Morgan fingerprint density at radius 3 is 2.89 bits per heavy atom. The zero-order chi connectivity index (χ0) is 19.8. The van der Waals surface area contributed by atoms with E-state index in [-0.39, 0.29) is 11.7 Å². The van der Waals surface area contributed by atoms with Gasteiger partial charge in [-0.2, -0.15) is 9.61 Å². The van der Waals surface area contributed by atoms with Crippen molar-refractivity contribution in [3.8, 4) is 0 Å². The summed E-state index contributed by atoms with van der Waals surface area (Å²) in [6.45, 7) is 5.48. The number of rotatable bonds is 3. The molecule has 3 heterocycles. The first-order chi connectivity index (χ1) is 12.6. The van der Waals surface area contributed by atoms with Crippen molar-refractivity contribution in [2.24, 2.45) is 0 Å². The number of anilines is 1. The molecule has 3 aromatic rings. The first-order valence-electron chi connectivity index (χ1n) is 8.04. The van der Waals surface area contributed by atoms with E-state index < -0.39 is 11.7 Å². The smallest absolute Gasteiger partial charge is 0.416 e. The average Bonchev–Trinajstić information content (AvgIpc) is 2.91. The Labute approximate surface area is 169 Å². The Kier molecular flexibility index (Phi) is 5.25. The van der Waals surface area contributed by atoms with Gasteiger partial charge in [0.15, 0.2) is 5.65 Å². The van der Waals surface area contributed by atoms with Crippen molar-refractivity contribution >= 4 is 45.1 Å². The molecule has 0 bridgehead atoms. The Bertz CT molecular complexity index is 1000. The summed E-state index contributed by atoms with van der Waals surface area (Å²) in [6.07, 6.45) is 3.97. The largest absolute Gasteiger partial charge is 0.443 e. The highest BCUT2D eigenvalue weighted by Crippen LogP contribution is 2.27. The van der Waals surface area contributed by atoms with Crippen LogP contribution in [-0.2, 0) is 11.3 Å². The minimum absolute atomic E-state index is 0.128. The first kappa shape index (κ1) is 19.4. The normalized spacial score (nSPS) is 11.6. The molecular formula is C17H18BrClN5O3+. The van der Waals surface area contributed by atoms with Crippen LogP contribution in [0, 0.1) is 0 Å². The van der Waals surface area contributed by atoms with E-state index in [1.807, 2.05) is 0 Å². The third-order valence-corrected chi connectivity index (χ3v) is 4.21. The molecule has 142 valence electrons. The highest BCUT2D eigenvalue weighted by Gasteiger charge is 2.27. The average molecular weight is 456 g/mol. The number of fused-ring (bicyclic) bond motifs is 1. The molecule has 0 atom stereocenters. The molecule has 0 aliphatic carbocycles. The molecule has 1 amide bonds. The van der Waals surface area contributed by atoms with Gasteiger partial charge in [-0.05, 0) is 42.8 Å². The molecule has 0 aromatic carbocycles. The van der Waals surface area contributed by atoms with Crippen molar-refractivity contribution < 1.29 is 19.5 Å². The molecule has 1 N–H and O–H groups in total. The van der Waals surface area contributed by atoms with Crippen molar-refractivity contribution in [2.45, 2.75) is 32.9 Å². The second-order valence-corrected chi connectivity index (χ2v) is 8.07. The van der Waals surface area contributed by atoms with Gasteiger partial charge in [0, 0.05) is 22.4 Å². The van der Waals surface area contributed by atoms with E-state index in [4.69, 9.17) is 16.3 Å². The summed E-state index contributed by atoms with van der Waals surface area (Å²) in [5.41, 5.74) is 0.457. The first-order valence-corrected chi connectivity index (χ1v) is 9.21. The zero-order valence-corrected chi connectivity index (χ0v) is 17.3. The molecule has 10 heteroatoms. The van der Waals surface area contributed by atoms with E-state index in [1.165, 1.54) is 27.9 Å². The van der Waals surface area contributed by atoms with E-state index in [0.29, 0.717) is 21.5 Å². The summed E-state index contributed by atoms with van der Waals surface area (Å²) in [5.74, 6) is 0.387. The van der Waals surface area contributed by atoms with Gasteiger partial charge in [-0.25, -0.2) is 9.78 Å². The van der Waals surface area contributed by atoms with Crippen LogP contribution in [0.2, 0.25) is 5.15 Å². The molecule has 0 fully saturated rings. The minimum atomic E-state index is -0.691. The Morgan fingerprint density at radius 2 is 2.22 bits per heavy atom. The lowest BCUT2D eigenvalue weighted by Crippen LogP contribution is -2.38. The van der Waals surface area contributed by atoms with Gasteiger partial charge < -0.3 is 4.74 Å². The molecule has 0 aliphatic heterocycles. The fraction of sp³-hybridized carbons (Fsp3) is 0.294. The van der Waals surface area contributed by atoms with Gasteiger partial charge in [-0.1, -0.05) is 11.6 Å². The van der Waals surface area contributed by atoms with Crippen LogP contribution >= 0.6 is 27.5 Å². The van der Waals surface area contributed by atoms with Gasteiger partial charge >= 0.3 is 6.09 Å². The van der Waals surface area contributed by atoms with Crippen LogP contribution in [0.25, 0.3) is 5.65 Å². The van der Waals surface area contributed by atoms with Crippen molar-refractivity contribution in [1.82, 2.24) is 14.6 Å². The van der Waals surface area contributed by atoms with Crippen LogP contribution in [0.5, 0.6) is 0 Å². The highest BCUT2D eigenvalue weighted by atomic mass is 79.9. The number of hydrogen-bond donors (Lipinski definition) is 1. The van der Waals surface area contributed by atoms with Crippen LogP contribution in [-0.4, -0.2) is 31.5 Å². The van der Waals surface area contributed by atoms with Gasteiger partial charge in [-0.3, -0.25) is 10.1 Å². The molecule has 3 aromatic heterocycles. The third-order valence-electron chi connectivity index (χ3n) is 3.46. The fourth-order valence-corrected chi connectivity index (χ4v) is 2.95. The highest BCUT2D eigenvalue weighted by molar-refractivity contribution is 9.10. The number of amides is 1. The summed E-state index contributed by atoms with van der Waals surface area (Å²) in [5, 5.41) is 14.1. The predicted octanol–water partition coefficient (Wildman–Crippen LogP) is 3.61. The third kappa shape index (κ3) is 4.48. The lowest BCUT2D eigenvalue weighted by atomic mass is 10.2. The van der Waals surface area contributed by atoms with E-state index >= 15 is 0 Å². The second kappa shape index (κ2) is 7.32. The lowest BCUT2D eigenvalue weighted by molar-refractivity contribution is -0.905. The minimum Gasteiger partial charge on any atom is -0.443 e. The van der Waals surface area contributed by atoms with Gasteiger partial charge in [0.2, 0.25) is 12.4 Å². The van der Waals surface area contributed by atoms with Crippen LogP contribution in [0.15, 0.2) is 41.3 Å². The molecular weight excluding hydrogens is 438 g/mol. The van der Waals surface area contributed by atoms with Crippen molar-refractivity contribution in [1.29, 1.82) is 0 Å². The number of halogens is 2. The van der Waals surface area contributed by atoms with Gasteiger partial charge in [0.1, 0.15) is 16.6 Å². The van der Waals surface area contributed by atoms with Gasteiger partial charge in [0.05, 0.1) is 17.2 Å². The van der Waals surface area contributed by atoms with E-state index in [9.17, 15) is 10.0 Å². The van der Waals surface area contributed by atoms with Crippen LogP contribution < -0.4 is 9.63 Å². The molecule has 27 heavy (non-hydrogen) atoms. The summed E-state index contributed by atoms with van der Waals surface area (Å²) in [7, 11) is 0. The number of carbonyl (C=O) groups excluding carboxylic acids is 1. The van der Waals surface area contributed by atoms with Crippen molar-refractivity contribution in [2.75, 3.05) is 4.90 Å². The molecule has 0 spiro atoms. The summed E-state index contributed by atoms with van der Waals surface area (Å²) in [4.78, 5) is 18.5. The van der Waals surface area contributed by atoms with Crippen LogP contribution in [0.4, 0.5) is 10.6 Å². The Morgan fingerprint density at radius 1 is 1.48 bits per heavy atom.